The van der Waals surface area contributed by atoms with Crippen LogP contribution in [0.25, 0.3) is 6.08 Å². The fourth-order valence-electron chi connectivity index (χ4n) is 2.42. The molecule has 7 nitrogen and oxygen atoms in total. The SMILES string of the molecule is CCN1C(=O)/C(=C/c2cccc([N+](=O)[O-])c2)SC1=Nc1cccc(O)c1. The zero-order valence-electron chi connectivity index (χ0n) is 13.8. The maximum Gasteiger partial charge on any atom is 0.270 e. The Morgan fingerprint density at radius 1 is 1.27 bits per heavy atom. The van der Waals surface area contributed by atoms with Crippen molar-refractivity contribution >= 4 is 40.3 Å². The lowest BCUT2D eigenvalue weighted by Gasteiger charge is -2.11. The molecule has 0 saturated carbocycles. The summed E-state index contributed by atoms with van der Waals surface area (Å²) in [6.45, 7) is 2.28. The second kappa shape index (κ2) is 7.40. The van der Waals surface area contributed by atoms with Crippen LogP contribution in [0.15, 0.2) is 58.4 Å². The van der Waals surface area contributed by atoms with Gasteiger partial charge < -0.3 is 5.11 Å². The fourth-order valence-corrected chi connectivity index (χ4v) is 3.49. The van der Waals surface area contributed by atoms with Crippen LogP contribution in [0.5, 0.6) is 5.75 Å². The van der Waals surface area contributed by atoms with Gasteiger partial charge in [-0.25, -0.2) is 4.99 Å². The molecule has 1 saturated heterocycles. The van der Waals surface area contributed by atoms with Gasteiger partial charge in [-0.3, -0.25) is 19.8 Å². The maximum atomic E-state index is 12.6. The van der Waals surface area contributed by atoms with E-state index in [-0.39, 0.29) is 17.3 Å². The molecule has 2 aromatic rings. The number of hydrogen-bond acceptors (Lipinski definition) is 6. The summed E-state index contributed by atoms with van der Waals surface area (Å²) in [7, 11) is 0. The Kier molecular flexibility index (Phi) is 5.04. The molecule has 0 radical (unpaired) electrons. The second-order valence-corrected chi connectivity index (χ2v) is 6.44. The predicted octanol–water partition coefficient (Wildman–Crippen LogP) is 3.92. The minimum absolute atomic E-state index is 0.0317. The average Bonchev–Trinajstić information content (AvgIpc) is 2.89. The molecule has 0 unspecified atom stereocenters. The van der Waals surface area contributed by atoms with Gasteiger partial charge in [0.1, 0.15) is 5.75 Å². The highest BCUT2D eigenvalue weighted by molar-refractivity contribution is 8.18. The van der Waals surface area contributed by atoms with Crippen molar-refractivity contribution in [3.63, 3.8) is 0 Å². The molecule has 1 aliphatic rings. The normalized spacial score (nSPS) is 17.3. The molecule has 1 aliphatic heterocycles. The van der Waals surface area contributed by atoms with E-state index in [4.69, 9.17) is 0 Å². The van der Waals surface area contributed by atoms with E-state index in [9.17, 15) is 20.0 Å². The van der Waals surface area contributed by atoms with Gasteiger partial charge >= 0.3 is 0 Å². The molecule has 3 rings (SSSR count). The number of carbonyl (C=O) groups excluding carboxylic acids is 1. The molecule has 1 heterocycles. The minimum Gasteiger partial charge on any atom is -0.508 e. The quantitative estimate of drug-likeness (QED) is 0.500. The molecule has 0 atom stereocenters. The van der Waals surface area contributed by atoms with Crippen molar-refractivity contribution in [2.24, 2.45) is 4.99 Å². The van der Waals surface area contributed by atoms with E-state index in [1.165, 1.54) is 34.9 Å². The number of amides is 1. The lowest BCUT2D eigenvalue weighted by atomic mass is 10.2. The Labute approximate surface area is 153 Å². The first-order valence-corrected chi connectivity index (χ1v) is 8.63. The van der Waals surface area contributed by atoms with Crippen molar-refractivity contribution in [3.8, 4) is 5.75 Å². The molecule has 0 aromatic heterocycles. The molecule has 8 heteroatoms. The van der Waals surface area contributed by atoms with Gasteiger partial charge in [-0.2, -0.15) is 0 Å². The number of amidine groups is 1. The van der Waals surface area contributed by atoms with Crippen molar-refractivity contribution in [1.29, 1.82) is 0 Å². The third kappa shape index (κ3) is 3.75. The first-order chi connectivity index (χ1) is 12.5. The highest BCUT2D eigenvalue weighted by atomic mass is 32.2. The summed E-state index contributed by atoms with van der Waals surface area (Å²) in [5.41, 5.74) is 1.08. The molecular formula is C18H15N3O4S. The van der Waals surface area contributed by atoms with Gasteiger partial charge in [-0.05, 0) is 42.5 Å². The number of nitro groups is 1. The zero-order chi connectivity index (χ0) is 18.7. The predicted molar refractivity (Wildman–Crippen MR) is 101 cm³/mol. The summed E-state index contributed by atoms with van der Waals surface area (Å²) in [6.07, 6.45) is 1.62. The molecule has 0 aliphatic carbocycles. The van der Waals surface area contributed by atoms with Gasteiger partial charge in [0.05, 0.1) is 15.5 Å². The number of carbonyl (C=O) groups is 1. The molecule has 1 amide bonds. The number of phenolic OH excluding ortho intramolecular Hbond substituents is 1. The lowest BCUT2D eigenvalue weighted by molar-refractivity contribution is -0.384. The third-order valence-corrected chi connectivity index (χ3v) is 4.64. The molecule has 0 spiro atoms. The molecule has 0 bridgehead atoms. The Bertz CT molecular complexity index is 940. The second-order valence-electron chi connectivity index (χ2n) is 5.43. The Morgan fingerprint density at radius 3 is 2.73 bits per heavy atom. The van der Waals surface area contributed by atoms with E-state index < -0.39 is 4.92 Å². The van der Waals surface area contributed by atoms with Crippen LogP contribution < -0.4 is 0 Å². The highest BCUT2D eigenvalue weighted by Crippen LogP contribution is 2.34. The number of hydrogen-bond donors (Lipinski definition) is 1. The van der Waals surface area contributed by atoms with Crippen LogP contribution in [0, 0.1) is 10.1 Å². The van der Waals surface area contributed by atoms with Crippen molar-refractivity contribution in [3.05, 3.63) is 69.1 Å². The van der Waals surface area contributed by atoms with Crippen molar-refractivity contribution in [1.82, 2.24) is 4.90 Å². The maximum absolute atomic E-state index is 12.6. The molecule has 2 aromatic carbocycles. The number of nitro benzene ring substituents is 1. The van der Waals surface area contributed by atoms with Crippen LogP contribution >= 0.6 is 11.8 Å². The first-order valence-electron chi connectivity index (χ1n) is 7.81. The van der Waals surface area contributed by atoms with Gasteiger partial charge in [-0.15, -0.1) is 0 Å². The fraction of sp³-hybridized carbons (Fsp3) is 0.111. The smallest absolute Gasteiger partial charge is 0.270 e. The van der Waals surface area contributed by atoms with E-state index in [0.29, 0.717) is 27.9 Å². The summed E-state index contributed by atoms with van der Waals surface area (Å²) in [5.74, 6) is -0.112. The molecule has 26 heavy (non-hydrogen) atoms. The van der Waals surface area contributed by atoms with Gasteiger partial charge in [0.25, 0.3) is 11.6 Å². The zero-order valence-corrected chi connectivity index (χ0v) is 14.6. The number of aromatic hydroxyl groups is 1. The number of rotatable bonds is 4. The van der Waals surface area contributed by atoms with Crippen LogP contribution in [-0.4, -0.2) is 32.5 Å². The van der Waals surface area contributed by atoms with Crippen molar-refractivity contribution < 1.29 is 14.8 Å². The van der Waals surface area contributed by atoms with Crippen LogP contribution in [0.2, 0.25) is 0 Å². The van der Waals surface area contributed by atoms with Gasteiger partial charge in [0, 0.05) is 24.7 Å². The van der Waals surface area contributed by atoms with E-state index in [0.717, 1.165) is 0 Å². The number of non-ortho nitro benzene ring substituents is 1. The Morgan fingerprint density at radius 2 is 2.04 bits per heavy atom. The molecule has 132 valence electrons. The third-order valence-electron chi connectivity index (χ3n) is 3.64. The van der Waals surface area contributed by atoms with Crippen LogP contribution in [0.3, 0.4) is 0 Å². The number of aliphatic imine (C=N–C) groups is 1. The Balaban J connectivity index is 1.94. The van der Waals surface area contributed by atoms with Gasteiger partial charge in [0.15, 0.2) is 5.17 Å². The van der Waals surface area contributed by atoms with Crippen LogP contribution in [0.4, 0.5) is 11.4 Å². The van der Waals surface area contributed by atoms with Crippen molar-refractivity contribution in [2.75, 3.05) is 6.54 Å². The summed E-state index contributed by atoms with van der Waals surface area (Å²) >= 11 is 1.20. The summed E-state index contributed by atoms with van der Waals surface area (Å²) < 4.78 is 0. The molecule has 1 N–H and O–H groups in total. The van der Waals surface area contributed by atoms with Crippen LogP contribution in [-0.2, 0) is 4.79 Å². The standard InChI is InChI=1S/C18H15N3O4S/c1-2-20-17(23)16(10-12-5-3-7-14(9-12)21(24)25)26-18(20)19-13-6-4-8-15(22)11-13/h3-11,22H,2H2,1H3/b16-10-,19-18?. The number of thioether (sulfide) groups is 1. The monoisotopic (exact) mass is 369 g/mol. The van der Waals surface area contributed by atoms with Crippen LogP contribution in [0.1, 0.15) is 12.5 Å². The van der Waals surface area contributed by atoms with E-state index in [1.807, 2.05) is 6.92 Å². The largest absolute Gasteiger partial charge is 0.508 e. The summed E-state index contributed by atoms with van der Waals surface area (Å²) in [6, 6.07) is 12.6. The van der Waals surface area contributed by atoms with Gasteiger partial charge in [-0.1, -0.05) is 18.2 Å². The minimum atomic E-state index is -0.473. The average molecular weight is 369 g/mol. The number of phenols is 1. The van der Waals surface area contributed by atoms with Crippen molar-refractivity contribution in [2.45, 2.75) is 6.92 Å². The number of likely N-dealkylation sites (N-methyl/N-ethyl adjacent to an activating group) is 1. The lowest BCUT2D eigenvalue weighted by Crippen LogP contribution is -2.28. The highest BCUT2D eigenvalue weighted by Gasteiger charge is 2.32. The summed E-state index contributed by atoms with van der Waals surface area (Å²) in [5, 5.41) is 21.0. The van der Waals surface area contributed by atoms with E-state index in [1.54, 1.807) is 36.4 Å². The number of benzene rings is 2. The molecular weight excluding hydrogens is 354 g/mol. The Hall–Kier alpha value is -3.13. The van der Waals surface area contributed by atoms with E-state index >= 15 is 0 Å². The first kappa shape index (κ1) is 17.7. The summed E-state index contributed by atoms with van der Waals surface area (Å²) in [4.78, 5) is 29.4. The topological polar surface area (TPSA) is 96.0 Å². The van der Waals surface area contributed by atoms with E-state index in [2.05, 4.69) is 4.99 Å². The van der Waals surface area contributed by atoms with Gasteiger partial charge in [0.2, 0.25) is 0 Å². The molecule has 1 fully saturated rings. The number of nitrogens with zero attached hydrogens (tertiary/aromatic N) is 3.